The van der Waals surface area contributed by atoms with Crippen molar-refractivity contribution < 1.29 is 0 Å². The van der Waals surface area contributed by atoms with Gasteiger partial charge in [0.1, 0.15) is 0 Å². The van der Waals surface area contributed by atoms with Crippen molar-refractivity contribution in [2.24, 2.45) is 11.8 Å². The van der Waals surface area contributed by atoms with E-state index in [0.717, 1.165) is 5.92 Å². The van der Waals surface area contributed by atoms with E-state index in [1.165, 1.54) is 51.4 Å². The maximum atomic E-state index is 3.31. The van der Waals surface area contributed by atoms with Crippen LogP contribution in [0, 0.1) is 23.8 Å². The predicted octanol–water partition coefficient (Wildman–Crippen LogP) is 3.55. The first-order valence-electron chi connectivity index (χ1n) is 6.52. The van der Waals surface area contributed by atoms with Crippen LogP contribution in [0.5, 0.6) is 0 Å². The minimum Gasteiger partial charge on any atom is -0.349 e. The van der Waals surface area contributed by atoms with Crippen LogP contribution in [0.1, 0.15) is 58.3 Å². The van der Waals surface area contributed by atoms with Crippen molar-refractivity contribution in [3.63, 3.8) is 0 Å². The molecule has 0 aromatic carbocycles. The van der Waals surface area contributed by atoms with Crippen LogP contribution in [0.25, 0.3) is 0 Å². The molecule has 1 aliphatic carbocycles. The second-order valence-electron chi connectivity index (χ2n) is 4.77. The molecule has 1 atom stereocenters. The van der Waals surface area contributed by atoms with E-state index in [4.69, 9.17) is 0 Å². The lowest BCUT2D eigenvalue weighted by Gasteiger charge is -2.18. The molecule has 0 amide bonds. The van der Waals surface area contributed by atoms with Crippen LogP contribution < -0.4 is 5.32 Å². The number of rotatable bonds is 1. The largest absolute Gasteiger partial charge is 0.349 e. The molecule has 1 rings (SSSR count). The van der Waals surface area contributed by atoms with E-state index in [9.17, 15) is 0 Å². The lowest BCUT2D eigenvalue weighted by molar-refractivity contribution is 0.359. The fourth-order valence-electron chi connectivity index (χ4n) is 2.47. The lowest BCUT2D eigenvalue weighted by Crippen LogP contribution is -2.11. The van der Waals surface area contributed by atoms with Gasteiger partial charge in [0.05, 0.1) is 0 Å². The van der Waals surface area contributed by atoms with Crippen LogP contribution in [-0.4, -0.2) is 7.05 Å². The summed E-state index contributed by atoms with van der Waals surface area (Å²) in [6.45, 7) is 2.28. The second-order valence-corrected chi connectivity index (χ2v) is 4.77. The number of nitrogens with one attached hydrogen (secondary N) is 1. The third kappa shape index (κ3) is 5.11. The van der Waals surface area contributed by atoms with Gasteiger partial charge in [0.25, 0.3) is 0 Å². The van der Waals surface area contributed by atoms with Gasteiger partial charge in [-0.05, 0) is 18.8 Å². The Morgan fingerprint density at radius 3 is 2.07 bits per heavy atom. The summed E-state index contributed by atoms with van der Waals surface area (Å²) < 4.78 is 0. The van der Waals surface area contributed by atoms with E-state index in [-0.39, 0.29) is 0 Å². The molecule has 1 aliphatic rings. The van der Waals surface area contributed by atoms with Crippen molar-refractivity contribution in [2.75, 3.05) is 7.05 Å². The first-order chi connectivity index (χ1) is 7.34. The Morgan fingerprint density at radius 2 is 1.53 bits per heavy atom. The molecule has 0 radical (unpaired) electrons. The SMILES string of the molecule is CNC#CC(C)C1CCCCCCCC1. The highest BCUT2D eigenvalue weighted by atomic mass is 14.8. The maximum absolute atomic E-state index is 3.31. The van der Waals surface area contributed by atoms with Gasteiger partial charge in [-0.25, -0.2) is 0 Å². The molecule has 0 spiro atoms. The molecular weight excluding hydrogens is 182 g/mol. The summed E-state index contributed by atoms with van der Waals surface area (Å²) >= 11 is 0. The van der Waals surface area contributed by atoms with Crippen LogP contribution >= 0.6 is 0 Å². The van der Waals surface area contributed by atoms with Crippen LogP contribution in [0.15, 0.2) is 0 Å². The van der Waals surface area contributed by atoms with E-state index in [1.807, 2.05) is 7.05 Å². The molecule has 0 aromatic heterocycles. The minimum absolute atomic E-state index is 0.565. The number of hydrogen-bond acceptors (Lipinski definition) is 1. The fourth-order valence-corrected chi connectivity index (χ4v) is 2.47. The monoisotopic (exact) mass is 207 g/mol. The lowest BCUT2D eigenvalue weighted by atomic mass is 9.86. The third-order valence-electron chi connectivity index (χ3n) is 3.53. The highest BCUT2D eigenvalue weighted by Crippen LogP contribution is 2.27. The zero-order valence-electron chi connectivity index (χ0n) is 10.3. The third-order valence-corrected chi connectivity index (χ3v) is 3.53. The van der Waals surface area contributed by atoms with Gasteiger partial charge in [-0.1, -0.05) is 51.4 Å². The van der Waals surface area contributed by atoms with E-state index in [1.54, 1.807) is 0 Å². The zero-order valence-corrected chi connectivity index (χ0v) is 10.3. The molecule has 1 N–H and O–H groups in total. The summed E-state index contributed by atoms with van der Waals surface area (Å²) in [6, 6.07) is 3.00. The molecular formula is C14H25N. The molecule has 1 heteroatoms. The highest BCUT2D eigenvalue weighted by molar-refractivity contribution is 5.01. The second kappa shape index (κ2) is 7.63. The van der Waals surface area contributed by atoms with Crippen LogP contribution in [-0.2, 0) is 0 Å². The first kappa shape index (κ1) is 12.4. The van der Waals surface area contributed by atoms with Crippen molar-refractivity contribution in [1.82, 2.24) is 5.32 Å². The van der Waals surface area contributed by atoms with E-state index < -0.39 is 0 Å². The summed E-state index contributed by atoms with van der Waals surface area (Å²) in [6.07, 6.45) is 11.4. The van der Waals surface area contributed by atoms with E-state index in [0.29, 0.717) is 5.92 Å². The summed E-state index contributed by atoms with van der Waals surface area (Å²) in [5.74, 6) is 4.71. The van der Waals surface area contributed by atoms with Gasteiger partial charge in [-0.3, -0.25) is 0 Å². The smallest absolute Gasteiger partial charge is 0.0221 e. The molecule has 1 nitrogen and oxygen atoms in total. The topological polar surface area (TPSA) is 12.0 Å². The fraction of sp³-hybridized carbons (Fsp3) is 0.857. The van der Waals surface area contributed by atoms with Crippen LogP contribution in [0.4, 0.5) is 0 Å². The van der Waals surface area contributed by atoms with Gasteiger partial charge in [0.2, 0.25) is 0 Å². The van der Waals surface area contributed by atoms with Gasteiger partial charge in [-0.2, -0.15) is 0 Å². The maximum Gasteiger partial charge on any atom is 0.0221 e. The predicted molar refractivity (Wildman–Crippen MR) is 66.4 cm³/mol. The Bertz CT molecular complexity index is 201. The zero-order chi connectivity index (χ0) is 10.9. The number of hydrogen-bond donors (Lipinski definition) is 1. The Kier molecular flexibility index (Phi) is 6.32. The highest BCUT2D eigenvalue weighted by Gasteiger charge is 2.15. The quantitative estimate of drug-likeness (QED) is 0.512. The summed E-state index contributed by atoms with van der Waals surface area (Å²) in [7, 11) is 1.89. The summed E-state index contributed by atoms with van der Waals surface area (Å²) in [5.41, 5.74) is 0. The first-order valence-corrected chi connectivity index (χ1v) is 6.52. The molecule has 1 fully saturated rings. The van der Waals surface area contributed by atoms with Crippen molar-refractivity contribution in [3.8, 4) is 12.0 Å². The molecule has 15 heavy (non-hydrogen) atoms. The molecule has 1 unspecified atom stereocenters. The van der Waals surface area contributed by atoms with Crippen LogP contribution in [0.2, 0.25) is 0 Å². The Balaban J connectivity index is 2.41. The molecule has 0 bridgehead atoms. The summed E-state index contributed by atoms with van der Waals surface area (Å²) in [5, 5.41) is 2.92. The van der Waals surface area contributed by atoms with E-state index in [2.05, 4.69) is 24.2 Å². The van der Waals surface area contributed by atoms with Gasteiger partial charge in [0.15, 0.2) is 0 Å². The van der Waals surface area contributed by atoms with Crippen molar-refractivity contribution in [3.05, 3.63) is 0 Å². The molecule has 0 aromatic rings. The van der Waals surface area contributed by atoms with Gasteiger partial charge >= 0.3 is 0 Å². The van der Waals surface area contributed by atoms with Gasteiger partial charge in [-0.15, -0.1) is 0 Å². The molecule has 1 saturated carbocycles. The summed E-state index contributed by atoms with van der Waals surface area (Å²) in [4.78, 5) is 0. The van der Waals surface area contributed by atoms with Crippen molar-refractivity contribution in [2.45, 2.75) is 58.3 Å². The van der Waals surface area contributed by atoms with E-state index >= 15 is 0 Å². The average Bonchev–Trinajstić information content (AvgIpc) is 2.38. The molecule has 0 aliphatic heterocycles. The standard InChI is InChI=1S/C14H25N/c1-13(11-12-15-2)14-9-7-5-3-4-6-8-10-14/h13-15H,3-10H2,1-2H3. The van der Waals surface area contributed by atoms with Gasteiger partial charge in [0, 0.05) is 19.0 Å². The van der Waals surface area contributed by atoms with Crippen LogP contribution in [0.3, 0.4) is 0 Å². The normalized spacial score (nSPS) is 21.5. The Labute approximate surface area is 95.0 Å². The Hall–Kier alpha value is -0.640. The van der Waals surface area contributed by atoms with Gasteiger partial charge < -0.3 is 5.32 Å². The Morgan fingerprint density at radius 1 is 1.00 bits per heavy atom. The molecule has 0 saturated heterocycles. The molecule has 0 heterocycles. The van der Waals surface area contributed by atoms with Crippen molar-refractivity contribution in [1.29, 1.82) is 0 Å². The minimum atomic E-state index is 0.565. The average molecular weight is 207 g/mol. The van der Waals surface area contributed by atoms with Crippen molar-refractivity contribution >= 4 is 0 Å². The molecule has 86 valence electrons.